The van der Waals surface area contributed by atoms with E-state index >= 15 is 4.39 Å². The first kappa shape index (κ1) is 34.7. The van der Waals surface area contributed by atoms with Crippen molar-refractivity contribution in [3.05, 3.63) is 117 Å². The van der Waals surface area contributed by atoms with E-state index < -0.39 is 34.8 Å². The van der Waals surface area contributed by atoms with Crippen molar-refractivity contribution >= 4 is 51.3 Å². The Bertz CT molecular complexity index is 1800. The highest BCUT2D eigenvalue weighted by molar-refractivity contribution is 14.1. The number of carbonyl (C=O) groups excluding carboxylic acids is 1. The van der Waals surface area contributed by atoms with Crippen molar-refractivity contribution in [1.29, 1.82) is 0 Å². The number of benzene rings is 3. The quantitative estimate of drug-likeness (QED) is 0.172. The summed E-state index contributed by atoms with van der Waals surface area (Å²) >= 11 is 4.17. The van der Waals surface area contributed by atoms with Crippen LogP contribution in [0, 0.1) is 19.9 Å². The van der Waals surface area contributed by atoms with E-state index in [9.17, 15) is 14.4 Å². The monoisotopic (exact) mass is 839 g/mol. The molecule has 0 N–H and O–H groups in total. The Morgan fingerprint density at radius 1 is 0.978 bits per heavy atom. The summed E-state index contributed by atoms with van der Waals surface area (Å²) in [5.74, 6) is 0.126. The zero-order valence-corrected chi connectivity index (χ0v) is 30.4. The lowest BCUT2D eigenvalue weighted by atomic mass is 10.0. The van der Waals surface area contributed by atoms with Crippen LogP contribution >= 0.6 is 45.2 Å². The molecule has 0 radical (unpaired) electrons. The molecule has 8 nitrogen and oxygen atoms in total. The molecular weight excluding hydrogens is 803 g/mol. The summed E-state index contributed by atoms with van der Waals surface area (Å²) in [6.07, 6.45) is -0.222. The maximum atomic E-state index is 15.1. The fourth-order valence-electron chi connectivity index (χ4n) is 5.06. The van der Waals surface area contributed by atoms with E-state index in [0.29, 0.717) is 41.7 Å². The van der Waals surface area contributed by atoms with Crippen LogP contribution in [0.3, 0.4) is 0 Å². The number of rotatable bonds is 9. The Morgan fingerprint density at radius 2 is 1.64 bits per heavy atom. The number of amides is 1. The first-order valence-electron chi connectivity index (χ1n) is 14.3. The van der Waals surface area contributed by atoms with Crippen LogP contribution in [0.15, 0.2) is 76.3 Å². The minimum Gasteiger partial charge on any atom is -0.496 e. The lowest BCUT2D eigenvalue weighted by Gasteiger charge is -2.31. The van der Waals surface area contributed by atoms with Crippen LogP contribution < -0.4 is 16.0 Å². The highest BCUT2D eigenvalue weighted by Crippen LogP contribution is 2.32. The third kappa shape index (κ3) is 7.97. The average Bonchev–Trinajstić information content (AvgIpc) is 2.98. The lowest BCUT2D eigenvalue weighted by molar-refractivity contribution is 0.0204. The zero-order valence-electron chi connectivity index (χ0n) is 26.1. The first-order valence-corrected chi connectivity index (χ1v) is 16.5. The fraction of sp³-hybridized carbons (Fsp3) is 0.324. The second-order valence-electron chi connectivity index (χ2n) is 11.7. The van der Waals surface area contributed by atoms with Crippen LogP contribution in [-0.4, -0.2) is 45.9 Å². The number of methoxy groups -OCH3 is 1. The van der Waals surface area contributed by atoms with E-state index in [-0.39, 0.29) is 13.1 Å². The topological polar surface area (TPSA) is 82.8 Å². The standard InChI is InChI=1S/C34H36FI2N3O5/c1-21-29(24-14-10-17-28(44-6)30(24)37)31(41)40(32(42)39(21)20-25-26(35)15-11-16-27(25)36)19-23(18-22-12-8-7-9-13-22)38(5)33(43)45-34(2,3)4/h7-17,23H,18-20H2,1-6H3/t23-/m0/s1. The molecule has 1 aromatic heterocycles. The lowest BCUT2D eigenvalue weighted by Crippen LogP contribution is -2.50. The van der Waals surface area contributed by atoms with Gasteiger partial charge < -0.3 is 14.4 Å². The molecule has 0 fully saturated rings. The van der Waals surface area contributed by atoms with Crippen LogP contribution in [0.1, 0.15) is 37.6 Å². The van der Waals surface area contributed by atoms with Gasteiger partial charge in [0.15, 0.2) is 0 Å². The molecule has 0 aliphatic heterocycles. The summed E-state index contributed by atoms with van der Waals surface area (Å²) < 4.78 is 30.2. The number of hydrogen-bond acceptors (Lipinski definition) is 5. The second kappa shape index (κ2) is 14.5. The average molecular weight is 839 g/mol. The van der Waals surface area contributed by atoms with E-state index in [4.69, 9.17) is 9.47 Å². The summed E-state index contributed by atoms with van der Waals surface area (Å²) in [4.78, 5) is 43.4. The van der Waals surface area contributed by atoms with E-state index in [0.717, 1.165) is 10.1 Å². The SMILES string of the molecule is COc1cccc(-c2c(C)n(Cc3c(F)cccc3I)c(=O)n(C[C@H](Cc3ccccc3)N(C)C(=O)OC(C)(C)C)c2=O)c1I. The molecule has 0 saturated heterocycles. The van der Waals surface area contributed by atoms with Crippen LogP contribution in [0.2, 0.25) is 0 Å². The van der Waals surface area contributed by atoms with Crippen molar-refractivity contribution in [2.45, 2.75) is 58.8 Å². The summed E-state index contributed by atoms with van der Waals surface area (Å²) in [7, 11) is 3.15. The second-order valence-corrected chi connectivity index (χ2v) is 13.9. The largest absolute Gasteiger partial charge is 0.496 e. The van der Waals surface area contributed by atoms with E-state index in [1.54, 1.807) is 72.2 Å². The molecule has 0 saturated carbocycles. The molecule has 1 atom stereocenters. The van der Waals surface area contributed by atoms with Crippen LogP contribution in [-0.2, 0) is 24.2 Å². The maximum Gasteiger partial charge on any atom is 0.410 e. The van der Waals surface area contributed by atoms with Gasteiger partial charge in [-0.1, -0.05) is 48.5 Å². The molecule has 0 spiro atoms. The molecule has 3 aromatic carbocycles. The van der Waals surface area contributed by atoms with Crippen LogP contribution in [0.4, 0.5) is 9.18 Å². The van der Waals surface area contributed by atoms with Gasteiger partial charge >= 0.3 is 11.8 Å². The smallest absolute Gasteiger partial charge is 0.410 e. The molecule has 0 bridgehead atoms. The number of carbonyl (C=O) groups is 1. The van der Waals surface area contributed by atoms with E-state index in [2.05, 4.69) is 22.6 Å². The molecule has 1 heterocycles. The molecule has 0 aliphatic rings. The molecule has 11 heteroatoms. The fourth-order valence-corrected chi connectivity index (χ4v) is 6.55. The number of likely N-dealkylation sites (N-methyl/N-ethyl adjacent to an activating group) is 1. The van der Waals surface area contributed by atoms with Gasteiger partial charge in [-0.05, 0) is 103 Å². The van der Waals surface area contributed by atoms with Gasteiger partial charge in [0.2, 0.25) is 0 Å². The Hall–Kier alpha value is -3.20. The van der Waals surface area contributed by atoms with Gasteiger partial charge in [0.1, 0.15) is 17.2 Å². The summed E-state index contributed by atoms with van der Waals surface area (Å²) in [6.45, 7) is 6.82. The van der Waals surface area contributed by atoms with Crippen molar-refractivity contribution in [3.8, 4) is 16.9 Å². The summed E-state index contributed by atoms with van der Waals surface area (Å²) in [6, 6.07) is 19.0. The van der Waals surface area contributed by atoms with E-state index in [1.807, 2.05) is 52.9 Å². The first-order chi connectivity index (χ1) is 21.2. The van der Waals surface area contributed by atoms with Gasteiger partial charge in [0, 0.05) is 27.4 Å². The van der Waals surface area contributed by atoms with Gasteiger partial charge in [0.25, 0.3) is 5.56 Å². The van der Waals surface area contributed by atoms with Gasteiger partial charge in [-0.3, -0.25) is 13.9 Å². The molecule has 238 valence electrons. The Balaban J connectivity index is 1.96. The predicted octanol–water partition coefficient (Wildman–Crippen LogP) is 6.87. The van der Waals surface area contributed by atoms with Crippen molar-refractivity contribution in [3.63, 3.8) is 0 Å². The summed E-state index contributed by atoms with van der Waals surface area (Å²) in [5.41, 5.74) is 0.668. The third-order valence-electron chi connectivity index (χ3n) is 7.45. The van der Waals surface area contributed by atoms with Crippen molar-refractivity contribution in [2.75, 3.05) is 14.2 Å². The predicted molar refractivity (Wildman–Crippen MR) is 191 cm³/mol. The minimum absolute atomic E-state index is 0.0886. The molecule has 45 heavy (non-hydrogen) atoms. The van der Waals surface area contributed by atoms with Gasteiger partial charge in [-0.2, -0.15) is 0 Å². The zero-order chi connectivity index (χ0) is 33.1. The Morgan fingerprint density at radius 3 is 2.27 bits per heavy atom. The highest BCUT2D eigenvalue weighted by atomic mass is 127. The number of hydrogen-bond donors (Lipinski definition) is 0. The highest BCUT2D eigenvalue weighted by Gasteiger charge is 2.29. The number of nitrogens with zero attached hydrogens (tertiary/aromatic N) is 3. The maximum absolute atomic E-state index is 15.1. The number of aromatic nitrogens is 2. The Labute approximate surface area is 289 Å². The van der Waals surface area contributed by atoms with Gasteiger partial charge in [0.05, 0.1) is 35.4 Å². The molecule has 1 amide bonds. The molecule has 4 rings (SSSR count). The molecule has 0 unspecified atom stereocenters. The molecule has 0 aliphatic carbocycles. The Kier molecular flexibility index (Phi) is 11.2. The van der Waals surface area contributed by atoms with Crippen molar-refractivity contribution in [1.82, 2.24) is 14.0 Å². The van der Waals surface area contributed by atoms with Crippen molar-refractivity contribution in [2.24, 2.45) is 0 Å². The van der Waals surface area contributed by atoms with Crippen molar-refractivity contribution < 1.29 is 18.7 Å². The van der Waals surface area contributed by atoms with Gasteiger partial charge in [-0.25, -0.2) is 14.0 Å². The van der Waals surface area contributed by atoms with Crippen LogP contribution in [0.25, 0.3) is 11.1 Å². The number of ether oxygens (including phenoxy) is 2. The van der Waals surface area contributed by atoms with E-state index in [1.165, 1.54) is 15.5 Å². The summed E-state index contributed by atoms with van der Waals surface area (Å²) in [5, 5.41) is 0. The number of halogens is 3. The molecule has 4 aromatic rings. The minimum atomic E-state index is -0.747. The third-order valence-corrected chi connectivity index (χ3v) is 9.58. The van der Waals surface area contributed by atoms with Gasteiger partial charge in [-0.15, -0.1) is 0 Å². The normalized spacial score (nSPS) is 12.1. The van der Waals surface area contributed by atoms with Crippen LogP contribution in [0.5, 0.6) is 5.75 Å². The molecular formula is C34H36FI2N3O5.